The number of alkyl halides is 1. The molecular weight excluding hydrogens is 487 g/mol. The van der Waals surface area contributed by atoms with Gasteiger partial charge in [0.15, 0.2) is 0 Å². The van der Waals surface area contributed by atoms with Crippen LogP contribution in [-0.2, 0) is 4.79 Å². The fourth-order valence-electron chi connectivity index (χ4n) is 4.23. The molecule has 0 unspecified atom stereocenters. The Bertz CT molecular complexity index is 1470. The number of hydrogen-bond acceptors (Lipinski definition) is 9. The minimum atomic E-state index is -0.339. The third-order valence-electron chi connectivity index (χ3n) is 6.10. The van der Waals surface area contributed by atoms with Gasteiger partial charge in [0.1, 0.15) is 23.7 Å². The number of halogens is 1. The molecule has 0 atom stereocenters. The number of nitrogens with zero attached hydrogens (tertiary/aromatic N) is 5. The molecule has 3 aromatic heterocycles. The standard InChI is InChI=1S/C27H27FN8O2/c1-3-23(37)32-19-6-4-5-17(13-19)24-25-18(9-11-29-24)14-30-27(35-25)33-21-7-8-22(34-26(21)38-2)31-20-15-36(16-20)12-10-28/h3-9,11,13-14,20H,1,10,12,15-16H2,2H3,(H,31,34)(H,32,37)(H,30,33,35). The van der Waals surface area contributed by atoms with Crippen molar-refractivity contribution >= 4 is 40.0 Å². The van der Waals surface area contributed by atoms with Crippen LogP contribution in [0, 0.1) is 0 Å². The van der Waals surface area contributed by atoms with Gasteiger partial charge >= 0.3 is 0 Å². The quantitative estimate of drug-likeness (QED) is 0.270. The van der Waals surface area contributed by atoms with E-state index in [9.17, 15) is 9.18 Å². The van der Waals surface area contributed by atoms with Crippen molar-refractivity contribution in [1.82, 2.24) is 24.8 Å². The van der Waals surface area contributed by atoms with Crippen LogP contribution >= 0.6 is 0 Å². The third kappa shape index (κ3) is 5.52. The first-order valence-electron chi connectivity index (χ1n) is 12.1. The first kappa shape index (κ1) is 25.0. The van der Waals surface area contributed by atoms with E-state index in [1.54, 1.807) is 25.6 Å². The van der Waals surface area contributed by atoms with Crippen LogP contribution in [0.5, 0.6) is 5.88 Å². The van der Waals surface area contributed by atoms with Crippen molar-refractivity contribution in [2.75, 3.05) is 49.4 Å². The van der Waals surface area contributed by atoms with Crippen LogP contribution in [0.2, 0.25) is 0 Å². The van der Waals surface area contributed by atoms with Crippen LogP contribution in [0.1, 0.15) is 0 Å². The number of methoxy groups -OCH3 is 1. The van der Waals surface area contributed by atoms with Gasteiger partial charge in [-0.3, -0.25) is 14.7 Å². The van der Waals surface area contributed by atoms with E-state index in [0.717, 1.165) is 24.0 Å². The predicted molar refractivity (Wildman–Crippen MR) is 145 cm³/mol. The molecule has 194 valence electrons. The average Bonchev–Trinajstić information content (AvgIpc) is 2.92. The number of carbonyl (C=O) groups excluding carboxylic acids is 1. The highest BCUT2D eigenvalue weighted by molar-refractivity contribution is 5.99. The Labute approximate surface area is 219 Å². The van der Waals surface area contributed by atoms with Crippen molar-refractivity contribution in [1.29, 1.82) is 0 Å². The monoisotopic (exact) mass is 514 g/mol. The maximum absolute atomic E-state index is 12.5. The van der Waals surface area contributed by atoms with E-state index in [2.05, 4.69) is 37.5 Å². The average molecular weight is 515 g/mol. The van der Waals surface area contributed by atoms with Gasteiger partial charge in [-0.05, 0) is 36.4 Å². The minimum absolute atomic E-state index is 0.218. The lowest BCUT2D eigenvalue weighted by Gasteiger charge is -2.39. The van der Waals surface area contributed by atoms with E-state index < -0.39 is 0 Å². The number of hydrogen-bond donors (Lipinski definition) is 3. The van der Waals surface area contributed by atoms with Gasteiger partial charge in [-0.15, -0.1) is 0 Å². The highest BCUT2D eigenvalue weighted by Gasteiger charge is 2.26. The van der Waals surface area contributed by atoms with Crippen LogP contribution in [0.4, 0.5) is 27.5 Å². The van der Waals surface area contributed by atoms with Gasteiger partial charge in [0, 0.05) is 48.7 Å². The van der Waals surface area contributed by atoms with Gasteiger partial charge in [0.05, 0.1) is 18.8 Å². The second-order valence-corrected chi connectivity index (χ2v) is 8.73. The molecule has 0 radical (unpaired) electrons. The van der Waals surface area contributed by atoms with Crippen molar-refractivity contribution in [2.24, 2.45) is 0 Å². The summed E-state index contributed by atoms with van der Waals surface area (Å²) in [6.45, 7) is 5.16. The normalized spacial score (nSPS) is 13.5. The van der Waals surface area contributed by atoms with E-state index >= 15 is 0 Å². The Balaban J connectivity index is 1.38. The molecule has 3 N–H and O–H groups in total. The van der Waals surface area contributed by atoms with Crippen LogP contribution in [0.25, 0.3) is 22.2 Å². The summed E-state index contributed by atoms with van der Waals surface area (Å²) in [6, 6.07) is 13.1. The van der Waals surface area contributed by atoms with Crippen molar-refractivity contribution in [3.05, 3.63) is 67.5 Å². The molecule has 1 aliphatic heterocycles. The Morgan fingerprint density at radius 3 is 2.87 bits per heavy atom. The summed E-state index contributed by atoms with van der Waals surface area (Å²) in [5.74, 6) is 1.11. The second-order valence-electron chi connectivity index (χ2n) is 8.73. The van der Waals surface area contributed by atoms with Crippen LogP contribution in [0.15, 0.2) is 67.5 Å². The van der Waals surface area contributed by atoms with Crippen LogP contribution < -0.4 is 20.7 Å². The molecule has 0 aliphatic carbocycles. The first-order valence-corrected chi connectivity index (χ1v) is 12.1. The van der Waals surface area contributed by atoms with Crippen molar-refractivity contribution in [2.45, 2.75) is 6.04 Å². The van der Waals surface area contributed by atoms with Crippen LogP contribution in [0.3, 0.4) is 0 Å². The van der Waals surface area contributed by atoms with E-state index in [-0.39, 0.29) is 18.6 Å². The number of nitrogens with one attached hydrogen (secondary N) is 3. The Hall–Kier alpha value is -4.64. The molecule has 11 heteroatoms. The number of anilines is 4. The number of fused-ring (bicyclic) bond motifs is 1. The van der Waals surface area contributed by atoms with Gasteiger partial charge in [-0.25, -0.2) is 14.4 Å². The maximum atomic E-state index is 12.5. The zero-order valence-electron chi connectivity index (χ0n) is 20.8. The predicted octanol–water partition coefficient (Wildman–Crippen LogP) is 4.03. The molecule has 1 fully saturated rings. The summed E-state index contributed by atoms with van der Waals surface area (Å²) in [4.78, 5) is 32.0. The zero-order chi connectivity index (χ0) is 26.5. The van der Waals surface area contributed by atoms with Crippen molar-refractivity contribution in [3.8, 4) is 17.1 Å². The summed E-state index contributed by atoms with van der Waals surface area (Å²) in [5, 5.41) is 10.1. The van der Waals surface area contributed by atoms with E-state index in [1.165, 1.54) is 6.08 Å². The molecule has 0 saturated carbocycles. The fourth-order valence-corrected chi connectivity index (χ4v) is 4.23. The number of aromatic nitrogens is 4. The molecule has 38 heavy (non-hydrogen) atoms. The lowest BCUT2D eigenvalue weighted by Crippen LogP contribution is -2.55. The molecule has 4 aromatic rings. The lowest BCUT2D eigenvalue weighted by molar-refractivity contribution is -0.111. The number of rotatable bonds is 10. The summed E-state index contributed by atoms with van der Waals surface area (Å²) in [5.41, 5.74) is 3.31. The number of carbonyl (C=O) groups is 1. The number of ether oxygens (including phenoxy) is 1. The molecule has 1 aliphatic rings. The highest BCUT2D eigenvalue weighted by Crippen LogP contribution is 2.30. The lowest BCUT2D eigenvalue weighted by atomic mass is 10.1. The van der Waals surface area contributed by atoms with Gasteiger partial charge in [0.25, 0.3) is 0 Å². The van der Waals surface area contributed by atoms with Crippen LogP contribution in [-0.4, -0.2) is 70.2 Å². The van der Waals surface area contributed by atoms with E-state index in [1.807, 2.05) is 41.3 Å². The Morgan fingerprint density at radius 1 is 1.21 bits per heavy atom. The number of amides is 1. The van der Waals surface area contributed by atoms with Gasteiger partial charge in [0.2, 0.25) is 17.7 Å². The number of pyridine rings is 2. The van der Waals surface area contributed by atoms with E-state index in [4.69, 9.17) is 9.72 Å². The summed E-state index contributed by atoms with van der Waals surface area (Å²) >= 11 is 0. The molecule has 4 heterocycles. The summed E-state index contributed by atoms with van der Waals surface area (Å²) in [7, 11) is 1.55. The molecular formula is C27H27FN8O2. The van der Waals surface area contributed by atoms with Gasteiger partial charge in [-0.1, -0.05) is 18.7 Å². The molecule has 1 amide bonds. The SMILES string of the molecule is C=CC(=O)Nc1cccc(-c2nccc3cnc(Nc4ccc(NC5CN(CCF)C5)nc4OC)nc23)c1. The van der Waals surface area contributed by atoms with Crippen molar-refractivity contribution in [3.63, 3.8) is 0 Å². The topological polar surface area (TPSA) is 117 Å². The minimum Gasteiger partial charge on any atom is -0.479 e. The molecule has 1 saturated heterocycles. The first-order chi connectivity index (χ1) is 18.6. The van der Waals surface area contributed by atoms with Gasteiger partial charge < -0.3 is 20.7 Å². The molecule has 1 aromatic carbocycles. The Kier molecular flexibility index (Phi) is 7.36. The molecule has 0 spiro atoms. The highest BCUT2D eigenvalue weighted by atomic mass is 19.1. The zero-order valence-corrected chi connectivity index (χ0v) is 20.8. The number of likely N-dealkylation sites (tertiary alicyclic amines) is 1. The Morgan fingerprint density at radius 2 is 2.08 bits per heavy atom. The smallest absolute Gasteiger partial charge is 0.247 e. The van der Waals surface area contributed by atoms with Gasteiger partial charge in [-0.2, -0.15) is 4.98 Å². The molecule has 5 rings (SSSR count). The molecule has 10 nitrogen and oxygen atoms in total. The van der Waals surface area contributed by atoms with Crippen molar-refractivity contribution < 1.29 is 13.9 Å². The molecule has 0 bridgehead atoms. The van der Waals surface area contributed by atoms with E-state index in [0.29, 0.717) is 46.8 Å². The summed E-state index contributed by atoms with van der Waals surface area (Å²) < 4.78 is 18.0. The third-order valence-corrected chi connectivity index (χ3v) is 6.10. The maximum Gasteiger partial charge on any atom is 0.247 e. The fraction of sp³-hybridized carbons (Fsp3) is 0.222. The largest absolute Gasteiger partial charge is 0.479 e. The number of benzene rings is 1. The second kappa shape index (κ2) is 11.2. The summed E-state index contributed by atoms with van der Waals surface area (Å²) in [6.07, 6.45) is 4.63.